The number of thiazole rings is 1. The van der Waals surface area contributed by atoms with Crippen LogP contribution in [0.25, 0.3) is 21.8 Å². The fourth-order valence-electron chi connectivity index (χ4n) is 3.60. The maximum absolute atomic E-state index is 13.9. The number of fused-ring (bicyclic) bond motifs is 3. The fraction of sp³-hybridized carbons (Fsp3) is 0.190. The molecule has 0 radical (unpaired) electrons. The van der Waals surface area contributed by atoms with Crippen LogP contribution < -0.4 is 5.32 Å². The predicted octanol–water partition coefficient (Wildman–Crippen LogP) is 4.02. The number of anilines is 1. The molecule has 1 amide bonds. The van der Waals surface area contributed by atoms with Crippen molar-refractivity contribution in [1.82, 2.24) is 25.2 Å². The lowest BCUT2D eigenvalue weighted by Gasteiger charge is -2.07. The van der Waals surface area contributed by atoms with Crippen LogP contribution in [0, 0.1) is 11.6 Å². The smallest absolute Gasteiger partial charge is 0.284 e. The number of carbonyl (C=O) groups is 1. The quantitative estimate of drug-likeness (QED) is 0.522. The van der Waals surface area contributed by atoms with Crippen molar-refractivity contribution in [3.63, 3.8) is 0 Å². The van der Waals surface area contributed by atoms with Gasteiger partial charge in [-0.15, -0.1) is 21.5 Å². The Bertz CT molecular complexity index is 1290. The van der Waals surface area contributed by atoms with Crippen LogP contribution in [-0.4, -0.2) is 31.1 Å². The molecule has 0 atom stereocenters. The molecular formula is C21H16F2N6OS. The molecule has 10 heteroatoms. The molecule has 2 aromatic carbocycles. The largest absolute Gasteiger partial charge is 0.315 e. The van der Waals surface area contributed by atoms with Gasteiger partial charge in [-0.25, -0.2) is 13.8 Å². The second-order valence-electron chi connectivity index (χ2n) is 7.17. The number of tetrazole rings is 1. The van der Waals surface area contributed by atoms with E-state index in [2.05, 4.69) is 25.7 Å². The van der Waals surface area contributed by atoms with Crippen molar-refractivity contribution in [3.8, 4) is 21.8 Å². The van der Waals surface area contributed by atoms with E-state index in [1.54, 1.807) is 7.05 Å². The van der Waals surface area contributed by atoms with Crippen molar-refractivity contribution >= 4 is 22.9 Å². The van der Waals surface area contributed by atoms with Gasteiger partial charge in [0.25, 0.3) is 5.91 Å². The maximum Gasteiger partial charge on any atom is 0.284 e. The molecular weight excluding hydrogens is 422 g/mol. The lowest BCUT2D eigenvalue weighted by atomic mass is 10.0. The highest BCUT2D eigenvalue weighted by Crippen LogP contribution is 2.38. The van der Waals surface area contributed by atoms with Gasteiger partial charge in [0.15, 0.2) is 5.01 Å². The van der Waals surface area contributed by atoms with Crippen LogP contribution in [0.15, 0.2) is 36.4 Å². The summed E-state index contributed by atoms with van der Waals surface area (Å²) in [6.45, 7) is 0. The molecule has 0 bridgehead atoms. The van der Waals surface area contributed by atoms with Crippen LogP contribution in [-0.2, 0) is 19.9 Å². The number of nitrogens with one attached hydrogen (secondary N) is 1. The summed E-state index contributed by atoms with van der Waals surface area (Å²) < 4.78 is 27.8. The molecule has 1 aliphatic rings. The summed E-state index contributed by atoms with van der Waals surface area (Å²) in [5.74, 6) is -1.81. The van der Waals surface area contributed by atoms with Crippen LogP contribution >= 0.6 is 11.3 Å². The van der Waals surface area contributed by atoms with Crippen molar-refractivity contribution in [2.24, 2.45) is 7.05 Å². The van der Waals surface area contributed by atoms with Gasteiger partial charge in [0.2, 0.25) is 5.82 Å². The zero-order valence-electron chi connectivity index (χ0n) is 16.4. The molecule has 0 unspecified atom stereocenters. The number of nitrogens with zero attached hydrogens (tertiary/aromatic N) is 5. The number of hydrogen-bond acceptors (Lipinski definition) is 6. The van der Waals surface area contributed by atoms with Crippen LogP contribution in [0.3, 0.4) is 0 Å². The van der Waals surface area contributed by atoms with Gasteiger partial charge in [-0.1, -0.05) is 18.2 Å². The van der Waals surface area contributed by atoms with Crippen molar-refractivity contribution in [1.29, 1.82) is 0 Å². The van der Waals surface area contributed by atoms with Crippen molar-refractivity contribution < 1.29 is 13.6 Å². The van der Waals surface area contributed by atoms with Crippen LogP contribution in [0.4, 0.5) is 14.5 Å². The second kappa shape index (κ2) is 7.62. The van der Waals surface area contributed by atoms with E-state index >= 15 is 0 Å². The SMILES string of the molecule is Cn1nnc(-c2ccc3c(c2)-c2sc(C(=O)Nc4c(F)cccc4F)nc2CCC3)n1. The fourth-order valence-corrected chi connectivity index (χ4v) is 4.66. The maximum atomic E-state index is 13.9. The van der Waals surface area contributed by atoms with Gasteiger partial charge in [0.1, 0.15) is 17.3 Å². The molecule has 0 aliphatic heterocycles. The summed E-state index contributed by atoms with van der Waals surface area (Å²) in [5.41, 5.74) is 3.24. The third-order valence-electron chi connectivity index (χ3n) is 5.07. The molecule has 31 heavy (non-hydrogen) atoms. The van der Waals surface area contributed by atoms with Crippen LogP contribution in [0.2, 0.25) is 0 Å². The van der Waals surface area contributed by atoms with E-state index < -0.39 is 23.2 Å². The third-order valence-corrected chi connectivity index (χ3v) is 6.20. The highest BCUT2D eigenvalue weighted by atomic mass is 32.1. The molecule has 2 heterocycles. The van der Waals surface area contributed by atoms with E-state index in [4.69, 9.17) is 0 Å². The topological polar surface area (TPSA) is 85.6 Å². The van der Waals surface area contributed by atoms with E-state index in [0.717, 1.165) is 52.2 Å². The van der Waals surface area contributed by atoms with Gasteiger partial charge in [-0.05, 0) is 53.8 Å². The predicted molar refractivity (Wildman–Crippen MR) is 112 cm³/mol. The van der Waals surface area contributed by atoms with E-state index in [9.17, 15) is 13.6 Å². The number of aryl methyl sites for hydroxylation is 3. The summed E-state index contributed by atoms with van der Waals surface area (Å²) in [4.78, 5) is 19.4. The Labute approximate surface area is 179 Å². The first-order valence-corrected chi connectivity index (χ1v) is 10.4. The second-order valence-corrected chi connectivity index (χ2v) is 8.17. The van der Waals surface area contributed by atoms with Gasteiger partial charge in [-0.3, -0.25) is 4.79 Å². The molecule has 7 nitrogen and oxygen atoms in total. The summed E-state index contributed by atoms with van der Waals surface area (Å²) in [7, 11) is 1.70. The van der Waals surface area contributed by atoms with Crippen molar-refractivity contribution in [3.05, 3.63) is 64.3 Å². The molecule has 1 N–H and O–H groups in total. The Hall–Kier alpha value is -3.53. The minimum Gasteiger partial charge on any atom is -0.315 e. The Kier molecular flexibility index (Phi) is 4.78. The number of hydrogen-bond donors (Lipinski definition) is 1. The lowest BCUT2D eigenvalue weighted by molar-refractivity contribution is 0.102. The number of carbonyl (C=O) groups excluding carboxylic acids is 1. The van der Waals surface area contributed by atoms with Gasteiger partial charge < -0.3 is 5.32 Å². The highest BCUT2D eigenvalue weighted by Gasteiger charge is 2.24. The number of rotatable bonds is 3. The standard InChI is InChI=1S/C21H16F2N6OS/c1-29-27-19(26-28-29)12-9-8-11-4-2-7-16-18(13(11)10-12)31-21(24-16)20(30)25-17-14(22)5-3-6-15(17)23/h3,5-6,8-10H,2,4,7H2,1H3,(H,25,30). The highest BCUT2D eigenvalue weighted by molar-refractivity contribution is 7.17. The zero-order valence-corrected chi connectivity index (χ0v) is 17.2. The number of para-hydroxylation sites is 1. The lowest BCUT2D eigenvalue weighted by Crippen LogP contribution is -2.14. The first-order chi connectivity index (χ1) is 15.0. The molecule has 0 saturated heterocycles. The van der Waals surface area contributed by atoms with Gasteiger partial charge in [0, 0.05) is 5.56 Å². The number of amides is 1. The van der Waals surface area contributed by atoms with E-state index in [1.807, 2.05) is 18.2 Å². The van der Waals surface area contributed by atoms with Gasteiger partial charge in [0.05, 0.1) is 17.6 Å². The van der Waals surface area contributed by atoms with E-state index in [0.29, 0.717) is 12.2 Å². The molecule has 0 spiro atoms. The van der Waals surface area contributed by atoms with Crippen molar-refractivity contribution in [2.75, 3.05) is 5.32 Å². The summed E-state index contributed by atoms with van der Waals surface area (Å²) in [6.07, 6.45) is 2.48. The molecule has 1 aliphatic carbocycles. The summed E-state index contributed by atoms with van der Waals surface area (Å²) in [5, 5.41) is 14.7. The molecule has 5 rings (SSSR count). The van der Waals surface area contributed by atoms with Gasteiger partial charge in [-0.2, -0.15) is 4.80 Å². The Morgan fingerprint density at radius 3 is 2.71 bits per heavy atom. The number of halogens is 2. The van der Waals surface area contributed by atoms with Crippen molar-refractivity contribution in [2.45, 2.75) is 19.3 Å². The number of aromatic nitrogens is 5. The first-order valence-electron chi connectivity index (χ1n) is 9.62. The first kappa shape index (κ1) is 19.4. The van der Waals surface area contributed by atoms with E-state index in [-0.39, 0.29) is 5.01 Å². The summed E-state index contributed by atoms with van der Waals surface area (Å²) >= 11 is 1.21. The average Bonchev–Trinajstić information content (AvgIpc) is 3.34. The van der Waals surface area contributed by atoms with Gasteiger partial charge >= 0.3 is 0 Å². The molecule has 4 aromatic rings. The molecule has 2 aromatic heterocycles. The van der Waals surface area contributed by atoms with E-state index in [1.165, 1.54) is 22.2 Å². The van der Waals surface area contributed by atoms with Crippen LogP contribution in [0.5, 0.6) is 0 Å². The molecule has 156 valence electrons. The van der Waals surface area contributed by atoms with Crippen LogP contribution in [0.1, 0.15) is 27.5 Å². The minimum atomic E-state index is -0.835. The molecule has 0 saturated carbocycles. The average molecular weight is 438 g/mol. The monoisotopic (exact) mass is 438 g/mol. The summed E-state index contributed by atoms with van der Waals surface area (Å²) in [6, 6.07) is 9.39. The minimum absolute atomic E-state index is 0.156. The normalized spacial score (nSPS) is 12.7. The Morgan fingerprint density at radius 2 is 1.97 bits per heavy atom. The third kappa shape index (κ3) is 3.59. The Morgan fingerprint density at radius 1 is 1.16 bits per heavy atom. The Balaban J connectivity index is 1.52. The molecule has 0 fully saturated rings. The zero-order chi connectivity index (χ0) is 21.5. The number of benzene rings is 2.